The average molecular weight is 370 g/mol. The van der Waals surface area contributed by atoms with Crippen molar-refractivity contribution in [1.29, 1.82) is 0 Å². The number of benzene rings is 1. The van der Waals surface area contributed by atoms with E-state index in [4.69, 9.17) is 14.9 Å². The smallest absolute Gasteiger partial charge is 0.193 e. The first-order valence-corrected chi connectivity index (χ1v) is 9.73. The molecule has 6 heteroatoms. The van der Waals surface area contributed by atoms with Crippen molar-refractivity contribution in [3.05, 3.63) is 48.4 Å². The molecule has 1 aliphatic heterocycles. The van der Waals surface area contributed by atoms with Crippen LogP contribution in [-0.2, 0) is 0 Å². The number of nitrogens with one attached hydrogen (secondary N) is 1. The highest BCUT2D eigenvalue weighted by molar-refractivity contribution is 5.92. The van der Waals surface area contributed by atoms with Gasteiger partial charge in [0.2, 0.25) is 0 Å². The topological polar surface area (TPSA) is 76.0 Å². The molecule has 1 aliphatic rings. The van der Waals surface area contributed by atoms with Crippen molar-refractivity contribution in [1.82, 2.24) is 4.90 Å². The Kier molecular flexibility index (Phi) is 6.76. The van der Waals surface area contributed by atoms with Crippen LogP contribution < -0.4 is 15.8 Å². The number of furan rings is 1. The van der Waals surface area contributed by atoms with Crippen LogP contribution in [0.4, 0.5) is 5.69 Å². The Morgan fingerprint density at radius 2 is 1.93 bits per heavy atom. The summed E-state index contributed by atoms with van der Waals surface area (Å²) in [5, 5.41) is 3.15. The van der Waals surface area contributed by atoms with E-state index in [0.717, 1.165) is 30.3 Å². The van der Waals surface area contributed by atoms with Gasteiger partial charge in [-0.15, -0.1) is 0 Å². The van der Waals surface area contributed by atoms with Gasteiger partial charge in [0, 0.05) is 5.69 Å². The number of guanidine groups is 1. The second-order valence-electron chi connectivity index (χ2n) is 7.17. The van der Waals surface area contributed by atoms with Gasteiger partial charge >= 0.3 is 0 Å². The van der Waals surface area contributed by atoms with E-state index in [0.29, 0.717) is 12.5 Å². The molecule has 3 rings (SSSR count). The minimum atomic E-state index is 0.127. The van der Waals surface area contributed by atoms with Crippen molar-refractivity contribution in [2.24, 2.45) is 10.7 Å². The third-order valence-corrected chi connectivity index (χ3v) is 4.64. The largest absolute Gasteiger partial charge is 0.491 e. The quantitative estimate of drug-likeness (QED) is 0.569. The maximum absolute atomic E-state index is 6.11. The van der Waals surface area contributed by atoms with E-state index in [9.17, 15) is 0 Å². The molecule has 1 aromatic heterocycles. The predicted molar refractivity (Wildman–Crippen MR) is 109 cm³/mol. The fourth-order valence-electron chi connectivity index (χ4n) is 3.36. The lowest BCUT2D eigenvalue weighted by atomic mass is 10.1. The van der Waals surface area contributed by atoms with Crippen molar-refractivity contribution in [2.45, 2.75) is 45.3 Å². The first kappa shape index (κ1) is 19.3. The molecule has 1 atom stereocenters. The Morgan fingerprint density at radius 3 is 2.56 bits per heavy atom. The van der Waals surface area contributed by atoms with Gasteiger partial charge in [0.05, 0.1) is 25.0 Å². The zero-order valence-electron chi connectivity index (χ0n) is 16.2. The maximum atomic E-state index is 6.11. The normalized spacial score (nSPS) is 17.1. The maximum Gasteiger partial charge on any atom is 0.193 e. The highest BCUT2D eigenvalue weighted by atomic mass is 16.5. The lowest BCUT2D eigenvalue weighted by molar-refractivity contribution is 0.150. The molecule has 0 bridgehead atoms. The molecule has 0 saturated carbocycles. The number of nitrogens with two attached hydrogens (primary N) is 1. The Hall–Kier alpha value is -2.47. The summed E-state index contributed by atoms with van der Waals surface area (Å²) in [4.78, 5) is 7.01. The van der Waals surface area contributed by atoms with Crippen LogP contribution in [0.25, 0.3) is 0 Å². The Labute approximate surface area is 161 Å². The number of nitrogens with zero attached hydrogens (tertiary/aromatic N) is 2. The number of rotatable bonds is 7. The molecule has 0 aliphatic carbocycles. The fraction of sp³-hybridized carbons (Fsp3) is 0.476. The third kappa shape index (κ3) is 5.76. The van der Waals surface area contributed by atoms with Crippen LogP contribution in [0.15, 0.2) is 52.1 Å². The Balaban J connectivity index is 1.61. The summed E-state index contributed by atoms with van der Waals surface area (Å²) < 4.78 is 11.3. The first-order valence-electron chi connectivity index (χ1n) is 9.73. The van der Waals surface area contributed by atoms with Crippen LogP contribution in [0.2, 0.25) is 0 Å². The molecule has 1 aromatic carbocycles. The van der Waals surface area contributed by atoms with Gasteiger partial charge in [0.25, 0.3) is 0 Å². The zero-order valence-corrected chi connectivity index (χ0v) is 16.2. The summed E-state index contributed by atoms with van der Waals surface area (Å²) in [5.41, 5.74) is 7.00. The van der Waals surface area contributed by atoms with Gasteiger partial charge in [-0.3, -0.25) is 9.89 Å². The van der Waals surface area contributed by atoms with Crippen molar-refractivity contribution in [2.75, 3.05) is 25.0 Å². The van der Waals surface area contributed by atoms with E-state index in [1.165, 1.54) is 19.3 Å². The third-order valence-electron chi connectivity index (χ3n) is 4.64. The SMILES string of the molecule is CC(C)Oc1ccc(NC(N)=NCC(c2ccco2)N2CCCCC2)cc1. The van der Waals surface area contributed by atoms with Crippen molar-refractivity contribution < 1.29 is 9.15 Å². The van der Waals surface area contributed by atoms with Crippen molar-refractivity contribution in [3.8, 4) is 5.75 Å². The summed E-state index contributed by atoms with van der Waals surface area (Å²) in [7, 11) is 0. The monoisotopic (exact) mass is 370 g/mol. The van der Waals surface area contributed by atoms with Gasteiger partial charge in [-0.25, -0.2) is 0 Å². The Bertz CT molecular complexity index is 704. The molecule has 1 fully saturated rings. The van der Waals surface area contributed by atoms with Crippen LogP contribution in [0, 0.1) is 0 Å². The van der Waals surface area contributed by atoms with Crippen LogP contribution >= 0.6 is 0 Å². The highest BCUT2D eigenvalue weighted by Gasteiger charge is 2.24. The average Bonchev–Trinajstić information content (AvgIpc) is 3.18. The molecule has 0 spiro atoms. The molecule has 146 valence electrons. The summed E-state index contributed by atoms with van der Waals surface area (Å²) >= 11 is 0. The van der Waals surface area contributed by atoms with Gasteiger partial charge in [-0.05, 0) is 76.2 Å². The molecule has 6 nitrogen and oxygen atoms in total. The molecule has 0 radical (unpaired) electrons. The molecule has 2 aromatic rings. The highest BCUT2D eigenvalue weighted by Crippen LogP contribution is 2.25. The molecule has 27 heavy (non-hydrogen) atoms. The molecule has 2 heterocycles. The number of piperidine rings is 1. The Morgan fingerprint density at radius 1 is 1.19 bits per heavy atom. The predicted octanol–water partition coefficient (Wildman–Crippen LogP) is 4.02. The first-order chi connectivity index (χ1) is 13.1. The standard InChI is InChI=1S/C21H30N4O2/c1-16(2)27-18-10-8-17(9-11-18)24-21(22)23-15-19(20-7-6-14-26-20)25-12-4-3-5-13-25/h6-11,14,16,19H,3-5,12-13,15H2,1-2H3,(H3,22,23,24). The van der Waals surface area contributed by atoms with E-state index < -0.39 is 0 Å². The van der Waals surface area contributed by atoms with Crippen LogP contribution in [0.1, 0.15) is 44.9 Å². The number of hydrogen-bond acceptors (Lipinski definition) is 4. The van der Waals surface area contributed by atoms with Gasteiger partial charge in [0.1, 0.15) is 11.5 Å². The molecule has 3 N–H and O–H groups in total. The van der Waals surface area contributed by atoms with E-state index in [1.807, 2.05) is 50.2 Å². The van der Waals surface area contributed by atoms with Gasteiger partial charge in [-0.2, -0.15) is 0 Å². The summed E-state index contributed by atoms with van der Waals surface area (Å²) in [6, 6.07) is 11.8. The fourth-order valence-corrected chi connectivity index (χ4v) is 3.36. The minimum Gasteiger partial charge on any atom is -0.491 e. The number of anilines is 1. The zero-order chi connectivity index (χ0) is 19.1. The van der Waals surface area contributed by atoms with Crippen LogP contribution in [0.3, 0.4) is 0 Å². The molecular weight excluding hydrogens is 340 g/mol. The van der Waals surface area contributed by atoms with Crippen LogP contribution in [-0.4, -0.2) is 36.6 Å². The van der Waals surface area contributed by atoms with E-state index in [-0.39, 0.29) is 12.1 Å². The summed E-state index contributed by atoms with van der Waals surface area (Å²) in [5.74, 6) is 2.19. The lowest BCUT2D eigenvalue weighted by Crippen LogP contribution is -2.36. The molecule has 1 saturated heterocycles. The van der Waals surface area contributed by atoms with Gasteiger partial charge < -0.3 is 20.2 Å². The number of likely N-dealkylation sites (tertiary alicyclic amines) is 1. The van der Waals surface area contributed by atoms with Gasteiger partial charge in [-0.1, -0.05) is 6.42 Å². The number of ether oxygens (including phenoxy) is 1. The summed E-state index contributed by atoms with van der Waals surface area (Å²) in [6.45, 7) is 6.74. The van der Waals surface area contributed by atoms with E-state index >= 15 is 0 Å². The van der Waals surface area contributed by atoms with Gasteiger partial charge in [0.15, 0.2) is 5.96 Å². The molecule has 0 amide bonds. The van der Waals surface area contributed by atoms with Crippen molar-refractivity contribution in [3.63, 3.8) is 0 Å². The van der Waals surface area contributed by atoms with E-state index in [1.54, 1.807) is 6.26 Å². The molecule has 1 unspecified atom stereocenters. The lowest BCUT2D eigenvalue weighted by Gasteiger charge is -2.32. The van der Waals surface area contributed by atoms with Crippen LogP contribution in [0.5, 0.6) is 5.75 Å². The number of aliphatic imine (C=N–C) groups is 1. The van der Waals surface area contributed by atoms with Crippen molar-refractivity contribution >= 4 is 11.6 Å². The van der Waals surface area contributed by atoms with E-state index in [2.05, 4.69) is 15.2 Å². The summed E-state index contributed by atoms with van der Waals surface area (Å²) in [6.07, 6.45) is 5.62. The second kappa shape index (κ2) is 9.46. The minimum absolute atomic E-state index is 0.127. The molecular formula is C21H30N4O2. The second-order valence-corrected chi connectivity index (χ2v) is 7.17. The number of hydrogen-bond donors (Lipinski definition) is 2.